The lowest BCUT2D eigenvalue weighted by atomic mass is 9.86. The molecule has 142 valence electrons. The van der Waals surface area contributed by atoms with Gasteiger partial charge in [0.2, 0.25) is 0 Å². The molecule has 0 radical (unpaired) electrons. The normalized spacial score (nSPS) is 24.6. The molecule has 0 bridgehead atoms. The van der Waals surface area contributed by atoms with E-state index in [9.17, 15) is 14.7 Å². The number of benzene rings is 1. The van der Waals surface area contributed by atoms with Crippen LogP contribution in [0, 0.1) is 5.92 Å². The molecule has 1 saturated carbocycles. The zero-order valence-electron chi connectivity index (χ0n) is 15.9. The molecule has 3 amide bonds. The number of urea groups is 1. The number of carbonyl (C=O) groups excluding carboxylic acids is 2. The number of aliphatic hydroxyl groups is 1. The molecule has 1 aromatic rings. The van der Waals surface area contributed by atoms with Gasteiger partial charge in [-0.2, -0.15) is 0 Å². The summed E-state index contributed by atoms with van der Waals surface area (Å²) >= 11 is 0. The summed E-state index contributed by atoms with van der Waals surface area (Å²) in [6.07, 6.45) is 0.955. The molecule has 1 aromatic carbocycles. The predicted octanol–water partition coefficient (Wildman–Crippen LogP) is 2.44. The molecule has 0 spiro atoms. The maximum Gasteiger partial charge on any atom is 0.325 e. The zero-order valence-corrected chi connectivity index (χ0v) is 15.9. The Morgan fingerprint density at radius 2 is 1.96 bits per heavy atom. The number of amides is 3. The number of aliphatic hydroxyl groups excluding tert-OH is 1. The van der Waals surface area contributed by atoms with Crippen molar-refractivity contribution in [3.63, 3.8) is 0 Å². The lowest BCUT2D eigenvalue weighted by molar-refractivity contribution is -0.132. The zero-order chi connectivity index (χ0) is 19.1. The van der Waals surface area contributed by atoms with Crippen LogP contribution in [0.1, 0.15) is 46.1 Å². The van der Waals surface area contributed by atoms with Gasteiger partial charge in [0, 0.05) is 0 Å². The van der Waals surface area contributed by atoms with Gasteiger partial charge in [-0.25, -0.2) is 4.79 Å². The van der Waals surface area contributed by atoms with Gasteiger partial charge in [-0.1, -0.05) is 39.0 Å². The minimum atomic E-state index is -0.945. The third-order valence-corrected chi connectivity index (χ3v) is 5.21. The molecule has 2 fully saturated rings. The molecule has 2 aliphatic rings. The van der Waals surface area contributed by atoms with Gasteiger partial charge in [-0.3, -0.25) is 9.69 Å². The third kappa shape index (κ3) is 3.56. The highest BCUT2D eigenvalue weighted by Gasteiger charge is 2.56. The summed E-state index contributed by atoms with van der Waals surface area (Å²) in [6.45, 7) is 8.01. The topological polar surface area (TPSA) is 78.9 Å². The summed E-state index contributed by atoms with van der Waals surface area (Å²) in [5.41, 5.74) is 0.137. The number of rotatable bonds is 6. The second kappa shape index (κ2) is 6.58. The van der Waals surface area contributed by atoms with Crippen LogP contribution in [-0.2, 0) is 10.2 Å². The van der Waals surface area contributed by atoms with Gasteiger partial charge in [0.25, 0.3) is 5.91 Å². The molecular weight excluding hydrogens is 332 g/mol. The highest BCUT2D eigenvalue weighted by Crippen LogP contribution is 2.42. The Morgan fingerprint density at radius 1 is 1.31 bits per heavy atom. The van der Waals surface area contributed by atoms with Crippen molar-refractivity contribution in [1.82, 2.24) is 10.2 Å². The molecule has 0 unspecified atom stereocenters. The number of nitrogens with zero attached hydrogens (tertiary/aromatic N) is 1. The molecule has 26 heavy (non-hydrogen) atoms. The largest absolute Gasteiger partial charge is 0.491 e. The Kier molecular flexibility index (Phi) is 4.73. The molecule has 3 rings (SSSR count). The van der Waals surface area contributed by atoms with E-state index in [0.717, 1.165) is 23.3 Å². The summed E-state index contributed by atoms with van der Waals surface area (Å²) in [7, 11) is 0. The Balaban J connectivity index is 1.61. The quantitative estimate of drug-likeness (QED) is 0.764. The average molecular weight is 360 g/mol. The van der Waals surface area contributed by atoms with Crippen LogP contribution in [0.25, 0.3) is 0 Å². The lowest BCUT2D eigenvalue weighted by Crippen LogP contribution is -2.46. The van der Waals surface area contributed by atoms with Crippen LogP contribution in [-0.4, -0.2) is 46.7 Å². The highest BCUT2D eigenvalue weighted by atomic mass is 16.5. The van der Waals surface area contributed by atoms with E-state index >= 15 is 0 Å². The summed E-state index contributed by atoms with van der Waals surface area (Å²) in [4.78, 5) is 25.9. The molecule has 1 aliphatic carbocycles. The first-order chi connectivity index (χ1) is 12.1. The SMILES string of the molecule is CC(C)(C)c1ccccc1OC[C@H](O)CN1C(=O)N[C@@](C)(C2CC2)C1=O. The Labute approximate surface area is 154 Å². The fourth-order valence-corrected chi connectivity index (χ4v) is 3.48. The number of para-hydroxylation sites is 1. The minimum absolute atomic E-state index is 0.0182. The minimum Gasteiger partial charge on any atom is -0.491 e. The average Bonchev–Trinajstić information content (AvgIpc) is 3.39. The summed E-state index contributed by atoms with van der Waals surface area (Å²) in [5, 5.41) is 13.1. The second-order valence-corrected chi connectivity index (χ2v) is 8.53. The second-order valence-electron chi connectivity index (χ2n) is 8.53. The van der Waals surface area contributed by atoms with E-state index in [0.29, 0.717) is 5.75 Å². The molecule has 6 heteroatoms. The van der Waals surface area contributed by atoms with Gasteiger partial charge in [-0.05, 0) is 42.7 Å². The maximum absolute atomic E-state index is 12.6. The van der Waals surface area contributed by atoms with Crippen molar-refractivity contribution < 1.29 is 19.4 Å². The van der Waals surface area contributed by atoms with Crippen molar-refractivity contribution >= 4 is 11.9 Å². The van der Waals surface area contributed by atoms with Gasteiger partial charge in [0.15, 0.2) is 0 Å². The molecule has 0 aromatic heterocycles. The van der Waals surface area contributed by atoms with Crippen LogP contribution < -0.4 is 10.1 Å². The Hall–Kier alpha value is -2.08. The lowest BCUT2D eigenvalue weighted by Gasteiger charge is -2.24. The summed E-state index contributed by atoms with van der Waals surface area (Å²) in [6, 6.07) is 7.27. The van der Waals surface area contributed by atoms with Crippen LogP contribution in [0.5, 0.6) is 5.75 Å². The van der Waals surface area contributed by atoms with Gasteiger partial charge < -0.3 is 15.2 Å². The van der Waals surface area contributed by atoms with Crippen molar-refractivity contribution in [2.75, 3.05) is 13.2 Å². The molecule has 1 saturated heterocycles. The number of ether oxygens (including phenoxy) is 1. The molecular formula is C20H28N2O4. The molecule has 6 nitrogen and oxygen atoms in total. The summed E-state index contributed by atoms with van der Waals surface area (Å²) < 4.78 is 5.80. The van der Waals surface area contributed by atoms with Crippen LogP contribution in [0.4, 0.5) is 4.79 Å². The Bertz CT molecular complexity index is 708. The summed E-state index contributed by atoms with van der Waals surface area (Å²) in [5.74, 6) is 0.661. The van der Waals surface area contributed by atoms with E-state index < -0.39 is 17.7 Å². The van der Waals surface area contributed by atoms with E-state index in [1.807, 2.05) is 24.3 Å². The van der Waals surface area contributed by atoms with E-state index in [4.69, 9.17) is 4.74 Å². The van der Waals surface area contributed by atoms with Crippen LogP contribution in [0.3, 0.4) is 0 Å². The van der Waals surface area contributed by atoms with Crippen LogP contribution >= 0.6 is 0 Å². The van der Waals surface area contributed by atoms with Gasteiger partial charge in [0.05, 0.1) is 6.54 Å². The molecule has 2 atom stereocenters. The van der Waals surface area contributed by atoms with Crippen molar-refractivity contribution in [2.45, 2.75) is 57.6 Å². The number of hydrogen-bond donors (Lipinski definition) is 2. The van der Waals surface area contributed by atoms with Crippen molar-refractivity contribution in [2.24, 2.45) is 5.92 Å². The van der Waals surface area contributed by atoms with Crippen molar-refractivity contribution in [1.29, 1.82) is 0 Å². The number of imide groups is 1. The predicted molar refractivity (Wildman–Crippen MR) is 98.0 cm³/mol. The Morgan fingerprint density at radius 3 is 2.58 bits per heavy atom. The van der Waals surface area contributed by atoms with Gasteiger partial charge in [-0.15, -0.1) is 0 Å². The molecule has 1 heterocycles. The fraction of sp³-hybridized carbons (Fsp3) is 0.600. The first-order valence-electron chi connectivity index (χ1n) is 9.17. The van der Waals surface area contributed by atoms with Gasteiger partial charge in [0.1, 0.15) is 24.0 Å². The maximum atomic E-state index is 12.6. The fourth-order valence-electron chi connectivity index (χ4n) is 3.48. The first-order valence-corrected chi connectivity index (χ1v) is 9.17. The highest BCUT2D eigenvalue weighted by molar-refractivity contribution is 6.07. The van der Waals surface area contributed by atoms with Crippen molar-refractivity contribution in [3.05, 3.63) is 29.8 Å². The van der Waals surface area contributed by atoms with Gasteiger partial charge >= 0.3 is 6.03 Å². The standard InChI is InChI=1S/C20H28N2O4/c1-19(2,3)15-7-5-6-8-16(15)26-12-14(23)11-22-17(24)20(4,13-9-10-13)21-18(22)25/h5-8,13-14,23H,9-12H2,1-4H3,(H,21,25)/t14-,20+/m1/s1. The molecule has 2 N–H and O–H groups in total. The van der Waals surface area contributed by atoms with Crippen LogP contribution in [0.15, 0.2) is 24.3 Å². The smallest absolute Gasteiger partial charge is 0.325 e. The van der Waals surface area contributed by atoms with E-state index in [1.54, 1.807) is 6.92 Å². The van der Waals surface area contributed by atoms with E-state index in [2.05, 4.69) is 26.1 Å². The third-order valence-electron chi connectivity index (χ3n) is 5.21. The number of β-amino-alcohol motifs (C(OH)–C–C–N with tert-alkyl or cyclic N) is 1. The number of nitrogens with one attached hydrogen (secondary N) is 1. The number of carbonyl (C=O) groups is 2. The monoisotopic (exact) mass is 360 g/mol. The van der Waals surface area contributed by atoms with E-state index in [-0.39, 0.29) is 30.4 Å². The first kappa shape index (κ1) is 18.7. The van der Waals surface area contributed by atoms with E-state index in [1.165, 1.54) is 0 Å². The molecule has 1 aliphatic heterocycles. The van der Waals surface area contributed by atoms with Crippen LogP contribution in [0.2, 0.25) is 0 Å². The number of hydrogen-bond acceptors (Lipinski definition) is 4. The van der Waals surface area contributed by atoms with Crippen molar-refractivity contribution in [3.8, 4) is 5.75 Å².